The van der Waals surface area contributed by atoms with Crippen LogP contribution in [0.1, 0.15) is 46.9 Å². The van der Waals surface area contributed by atoms with Crippen LogP contribution in [0.2, 0.25) is 0 Å². The van der Waals surface area contributed by atoms with Gasteiger partial charge in [-0.25, -0.2) is 9.78 Å². The molecule has 0 aliphatic carbocycles. The second kappa shape index (κ2) is 9.60. The minimum Gasteiger partial charge on any atom is -0.467 e. The standard InChI is InChI=1S/C25H26N4O4/c1-4-16(2)27-18-13-20-21(28-24(30)17-9-6-5-7-10-17)22(25(31)32-3)29(23(20)26-14-18)15-19-11-8-12-33-19/h5-14,16,27H,4,15H2,1-3H3,(H,28,30). The molecule has 0 radical (unpaired) electrons. The van der Waals surface area contributed by atoms with E-state index in [9.17, 15) is 9.59 Å². The first-order valence-corrected chi connectivity index (χ1v) is 10.8. The normalized spacial score (nSPS) is 11.8. The summed E-state index contributed by atoms with van der Waals surface area (Å²) in [4.78, 5) is 30.6. The second-order valence-electron chi connectivity index (χ2n) is 7.75. The van der Waals surface area contributed by atoms with Crippen molar-refractivity contribution in [2.45, 2.75) is 32.9 Å². The van der Waals surface area contributed by atoms with E-state index < -0.39 is 5.97 Å². The van der Waals surface area contributed by atoms with Gasteiger partial charge in [0.15, 0.2) is 5.69 Å². The number of nitrogens with one attached hydrogen (secondary N) is 2. The summed E-state index contributed by atoms with van der Waals surface area (Å²) >= 11 is 0. The number of hydrogen-bond acceptors (Lipinski definition) is 6. The number of carbonyl (C=O) groups excluding carboxylic acids is 2. The highest BCUT2D eigenvalue weighted by Gasteiger charge is 2.27. The molecule has 170 valence electrons. The van der Waals surface area contributed by atoms with Gasteiger partial charge in [0.05, 0.1) is 37.5 Å². The lowest BCUT2D eigenvalue weighted by atomic mass is 10.2. The van der Waals surface area contributed by atoms with E-state index in [1.807, 2.05) is 18.2 Å². The maximum atomic E-state index is 13.0. The molecular formula is C25H26N4O4. The van der Waals surface area contributed by atoms with Gasteiger partial charge in [0.25, 0.3) is 5.91 Å². The van der Waals surface area contributed by atoms with Crippen LogP contribution in [0.25, 0.3) is 11.0 Å². The Kier molecular flexibility index (Phi) is 6.44. The Morgan fingerprint density at radius 2 is 1.97 bits per heavy atom. The Morgan fingerprint density at radius 3 is 2.64 bits per heavy atom. The molecule has 1 amide bonds. The summed E-state index contributed by atoms with van der Waals surface area (Å²) in [5.41, 5.74) is 2.34. The molecule has 0 saturated carbocycles. The van der Waals surface area contributed by atoms with Crippen molar-refractivity contribution in [3.8, 4) is 0 Å². The Bertz CT molecular complexity index is 1260. The minimum absolute atomic E-state index is 0.196. The Morgan fingerprint density at radius 1 is 1.18 bits per heavy atom. The van der Waals surface area contributed by atoms with Crippen molar-refractivity contribution in [1.29, 1.82) is 0 Å². The monoisotopic (exact) mass is 446 g/mol. The molecule has 0 bridgehead atoms. The molecule has 0 aliphatic rings. The van der Waals surface area contributed by atoms with Gasteiger partial charge in [-0.05, 0) is 43.7 Å². The molecular weight excluding hydrogens is 420 g/mol. The SMILES string of the molecule is CCC(C)Nc1cnc2c(c1)c(NC(=O)c1ccccc1)c(C(=O)OC)n2Cc1ccco1. The molecule has 4 rings (SSSR count). The first kappa shape index (κ1) is 22.1. The number of esters is 1. The van der Waals surface area contributed by atoms with Crippen LogP contribution in [0, 0.1) is 0 Å². The number of furan rings is 1. The summed E-state index contributed by atoms with van der Waals surface area (Å²) in [6.45, 7) is 4.41. The number of carbonyl (C=O) groups is 2. The first-order chi connectivity index (χ1) is 16.0. The van der Waals surface area contributed by atoms with E-state index in [2.05, 4.69) is 29.5 Å². The topological polar surface area (TPSA) is 98.4 Å². The van der Waals surface area contributed by atoms with E-state index in [-0.39, 0.29) is 24.2 Å². The number of nitrogens with zero attached hydrogens (tertiary/aromatic N) is 2. The predicted octanol–water partition coefficient (Wildman–Crippen LogP) is 4.93. The highest BCUT2D eigenvalue weighted by atomic mass is 16.5. The van der Waals surface area contributed by atoms with Gasteiger partial charge < -0.3 is 24.4 Å². The number of amides is 1. The number of aromatic nitrogens is 2. The van der Waals surface area contributed by atoms with Gasteiger partial charge in [-0.15, -0.1) is 0 Å². The van der Waals surface area contributed by atoms with Crippen LogP contribution in [0.3, 0.4) is 0 Å². The first-order valence-electron chi connectivity index (χ1n) is 10.8. The molecule has 0 aliphatic heterocycles. The maximum absolute atomic E-state index is 13.0. The van der Waals surface area contributed by atoms with Crippen molar-refractivity contribution >= 4 is 34.3 Å². The minimum atomic E-state index is -0.584. The molecule has 1 atom stereocenters. The fourth-order valence-electron chi connectivity index (χ4n) is 3.61. The number of pyridine rings is 1. The molecule has 0 spiro atoms. The molecule has 2 N–H and O–H groups in total. The Balaban J connectivity index is 1.89. The Hall–Kier alpha value is -4.07. The van der Waals surface area contributed by atoms with Crippen LogP contribution < -0.4 is 10.6 Å². The van der Waals surface area contributed by atoms with Gasteiger partial charge in [-0.3, -0.25) is 4.79 Å². The average molecular weight is 447 g/mol. The van der Waals surface area contributed by atoms with Crippen LogP contribution in [0.5, 0.6) is 0 Å². The van der Waals surface area contributed by atoms with Gasteiger partial charge in [0.1, 0.15) is 11.4 Å². The maximum Gasteiger partial charge on any atom is 0.356 e. The van der Waals surface area contributed by atoms with Crippen LogP contribution in [0.4, 0.5) is 11.4 Å². The van der Waals surface area contributed by atoms with E-state index in [4.69, 9.17) is 9.15 Å². The van der Waals surface area contributed by atoms with Crippen molar-refractivity contribution in [1.82, 2.24) is 9.55 Å². The third-order valence-corrected chi connectivity index (χ3v) is 5.47. The smallest absolute Gasteiger partial charge is 0.356 e. The van der Waals surface area contributed by atoms with Gasteiger partial charge >= 0.3 is 5.97 Å². The van der Waals surface area contributed by atoms with E-state index in [1.54, 1.807) is 47.4 Å². The predicted molar refractivity (Wildman–Crippen MR) is 127 cm³/mol. The molecule has 33 heavy (non-hydrogen) atoms. The van der Waals surface area contributed by atoms with Crippen molar-refractivity contribution in [3.05, 3.63) is 78.0 Å². The summed E-state index contributed by atoms with van der Waals surface area (Å²) in [6, 6.07) is 14.5. The Labute approximate surface area is 191 Å². The van der Waals surface area contributed by atoms with Gasteiger partial charge in [0, 0.05) is 17.0 Å². The summed E-state index contributed by atoms with van der Waals surface area (Å²) < 4.78 is 12.3. The second-order valence-corrected chi connectivity index (χ2v) is 7.75. The molecule has 8 nitrogen and oxygen atoms in total. The van der Waals surface area contributed by atoms with Crippen molar-refractivity contribution in [3.63, 3.8) is 0 Å². The quantitative estimate of drug-likeness (QED) is 0.373. The highest BCUT2D eigenvalue weighted by Crippen LogP contribution is 2.34. The number of anilines is 2. The van der Waals surface area contributed by atoms with E-state index >= 15 is 0 Å². The molecule has 4 aromatic rings. The molecule has 3 aromatic heterocycles. The van der Waals surface area contributed by atoms with Gasteiger partial charge in [0.2, 0.25) is 0 Å². The zero-order chi connectivity index (χ0) is 23.4. The highest BCUT2D eigenvalue weighted by molar-refractivity contribution is 6.14. The lowest BCUT2D eigenvalue weighted by molar-refractivity contribution is 0.0590. The van der Waals surface area contributed by atoms with Crippen LogP contribution in [0.15, 0.2) is 65.4 Å². The average Bonchev–Trinajstić information content (AvgIpc) is 3.46. The van der Waals surface area contributed by atoms with Crippen molar-refractivity contribution in [2.75, 3.05) is 17.7 Å². The zero-order valence-corrected chi connectivity index (χ0v) is 18.8. The number of methoxy groups -OCH3 is 1. The summed E-state index contributed by atoms with van der Waals surface area (Å²) in [6.07, 6.45) is 4.22. The summed E-state index contributed by atoms with van der Waals surface area (Å²) in [5.74, 6) is -0.279. The lowest BCUT2D eigenvalue weighted by Gasteiger charge is -2.13. The third kappa shape index (κ3) is 4.59. The van der Waals surface area contributed by atoms with Crippen LogP contribution in [-0.4, -0.2) is 34.6 Å². The number of fused-ring (bicyclic) bond motifs is 1. The zero-order valence-electron chi connectivity index (χ0n) is 18.8. The van der Waals surface area contributed by atoms with Gasteiger partial charge in [-0.2, -0.15) is 0 Å². The molecule has 8 heteroatoms. The largest absolute Gasteiger partial charge is 0.467 e. The van der Waals surface area contributed by atoms with E-state index in [0.29, 0.717) is 28.0 Å². The number of benzene rings is 1. The van der Waals surface area contributed by atoms with Gasteiger partial charge in [-0.1, -0.05) is 25.1 Å². The molecule has 0 fully saturated rings. The third-order valence-electron chi connectivity index (χ3n) is 5.47. The van der Waals surface area contributed by atoms with Crippen LogP contribution >= 0.6 is 0 Å². The fraction of sp³-hybridized carbons (Fsp3) is 0.240. The van der Waals surface area contributed by atoms with E-state index in [0.717, 1.165) is 12.1 Å². The summed E-state index contributed by atoms with van der Waals surface area (Å²) in [7, 11) is 1.31. The number of rotatable bonds is 8. The number of hydrogen-bond donors (Lipinski definition) is 2. The lowest BCUT2D eigenvalue weighted by Crippen LogP contribution is -2.17. The molecule has 1 unspecified atom stereocenters. The van der Waals surface area contributed by atoms with E-state index in [1.165, 1.54) is 7.11 Å². The van der Waals surface area contributed by atoms with Crippen molar-refractivity contribution in [2.24, 2.45) is 0 Å². The van der Waals surface area contributed by atoms with Crippen LogP contribution in [-0.2, 0) is 11.3 Å². The number of ether oxygens (including phenoxy) is 1. The fourth-order valence-corrected chi connectivity index (χ4v) is 3.61. The molecule has 1 aromatic carbocycles. The molecule has 3 heterocycles. The van der Waals surface area contributed by atoms with Crippen molar-refractivity contribution < 1.29 is 18.7 Å². The molecule has 0 saturated heterocycles. The summed E-state index contributed by atoms with van der Waals surface area (Å²) in [5, 5.41) is 6.94.